The van der Waals surface area contributed by atoms with Crippen molar-refractivity contribution in [3.63, 3.8) is 0 Å². The summed E-state index contributed by atoms with van der Waals surface area (Å²) in [5.41, 5.74) is -0.455. The molecule has 124 valence electrons. The van der Waals surface area contributed by atoms with Gasteiger partial charge in [-0.25, -0.2) is 4.39 Å². The number of benzene rings is 1. The van der Waals surface area contributed by atoms with E-state index in [9.17, 15) is 9.18 Å². The van der Waals surface area contributed by atoms with Crippen LogP contribution < -0.4 is 10.1 Å². The molecule has 2 rings (SSSR count). The minimum Gasteiger partial charge on any atom is -0.492 e. The predicted molar refractivity (Wildman–Crippen MR) is 87.0 cm³/mol. The topological polar surface area (TPSA) is 41.6 Å². The van der Waals surface area contributed by atoms with E-state index in [4.69, 9.17) is 4.74 Å². The van der Waals surface area contributed by atoms with Crippen molar-refractivity contribution < 1.29 is 13.9 Å². The number of hydrogen-bond acceptors (Lipinski definition) is 3. The number of nitrogens with one attached hydrogen (secondary N) is 1. The third-order valence-electron chi connectivity index (χ3n) is 3.95. The van der Waals surface area contributed by atoms with Crippen LogP contribution in [0, 0.1) is 5.82 Å². The molecular weight excluding hydrogens is 307 g/mol. The van der Waals surface area contributed by atoms with Crippen molar-refractivity contribution in [3.8, 4) is 5.75 Å². The first-order chi connectivity index (χ1) is 10.0. The minimum absolute atomic E-state index is 0. The molecule has 1 aliphatic rings. The molecular formula is C16H24ClFN2O2. The maximum Gasteiger partial charge on any atom is 0.242 e. The zero-order valence-corrected chi connectivity index (χ0v) is 13.9. The molecule has 1 atom stereocenters. The number of nitrogens with zero attached hydrogens (tertiary/aromatic N) is 1. The molecule has 1 fully saturated rings. The average molecular weight is 331 g/mol. The van der Waals surface area contributed by atoms with Crippen LogP contribution in [0.4, 0.5) is 4.39 Å². The number of rotatable bonds is 5. The molecule has 0 aromatic heterocycles. The van der Waals surface area contributed by atoms with Gasteiger partial charge >= 0.3 is 0 Å². The van der Waals surface area contributed by atoms with Gasteiger partial charge in [-0.3, -0.25) is 4.79 Å². The Bertz CT molecular complexity index is 476. The number of halogens is 2. The second kappa shape index (κ2) is 8.34. The van der Waals surface area contributed by atoms with E-state index >= 15 is 0 Å². The largest absolute Gasteiger partial charge is 0.492 e. The van der Waals surface area contributed by atoms with Gasteiger partial charge in [-0.15, -0.1) is 12.4 Å². The van der Waals surface area contributed by atoms with Crippen LogP contribution in [0.5, 0.6) is 5.75 Å². The van der Waals surface area contributed by atoms with E-state index in [1.165, 1.54) is 12.1 Å². The van der Waals surface area contributed by atoms with Crippen molar-refractivity contribution in [3.05, 3.63) is 30.1 Å². The van der Waals surface area contributed by atoms with Crippen LogP contribution in [0.3, 0.4) is 0 Å². The molecule has 22 heavy (non-hydrogen) atoms. The Balaban J connectivity index is 0.00000242. The lowest BCUT2D eigenvalue weighted by Gasteiger charge is -2.36. The van der Waals surface area contributed by atoms with E-state index < -0.39 is 5.54 Å². The highest BCUT2D eigenvalue weighted by Crippen LogP contribution is 2.20. The molecule has 0 bridgehead atoms. The summed E-state index contributed by atoms with van der Waals surface area (Å²) in [4.78, 5) is 14.2. The Kier molecular flexibility index (Phi) is 7.10. The lowest BCUT2D eigenvalue weighted by Crippen LogP contribution is -2.57. The third-order valence-corrected chi connectivity index (χ3v) is 3.95. The highest BCUT2D eigenvalue weighted by Gasteiger charge is 2.36. The molecule has 1 heterocycles. The predicted octanol–water partition coefficient (Wildman–Crippen LogP) is 2.62. The highest BCUT2D eigenvalue weighted by atomic mass is 35.5. The van der Waals surface area contributed by atoms with Crippen molar-refractivity contribution in [2.75, 3.05) is 26.7 Å². The van der Waals surface area contributed by atoms with Crippen LogP contribution in [0.2, 0.25) is 0 Å². The van der Waals surface area contributed by atoms with Gasteiger partial charge in [0.2, 0.25) is 5.91 Å². The average Bonchev–Trinajstić information content (AvgIpc) is 2.49. The van der Waals surface area contributed by atoms with Crippen molar-refractivity contribution in [1.82, 2.24) is 10.2 Å². The van der Waals surface area contributed by atoms with Crippen LogP contribution >= 0.6 is 12.4 Å². The first kappa shape index (κ1) is 18.7. The lowest BCUT2D eigenvalue weighted by molar-refractivity contribution is -0.137. The summed E-state index contributed by atoms with van der Waals surface area (Å²) in [5, 5.41) is 3.32. The van der Waals surface area contributed by atoms with Crippen molar-refractivity contribution in [2.45, 2.75) is 31.7 Å². The van der Waals surface area contributed by atoms with E-state index in [0.29, 0.717) is 18.9 Å². The number of likely N-dealkylation sites (N-methyl/N-ethyl adjacent to an activating group) is 1. The van der Waals surface area contributed by atoms with Crippen LogP contribution in [0.15, 0.2) is 24.3 Å². The summed E-state index contributed by atoms with van der Waals surface area (Å²) in [6.07, 6.45) is 3.07. The third kappa shape index (κ3) is 4.85. The maximum atomic E-state index is 12.8. The summed E-state index contributed by atoms with van der Waals surface area (Å²) in [6.45, 7) is 3.76. The summed E-state index contributed by atoms with van der Waals surface area (Å²) >= 11 is 0. The monoisotopic (exact) mass is 330 g/mol. The molecule has 1 N–H and O–H groups in total. The first-order valence-electron chi connectivity index (χ1n) is 7.40. The fourth-order valence-electron chi connectivity index (χ4n) is 2.59. The van der Waals surface area contributed by atoms with E-state index in [1.54, 1.807) is 24.1 Å². The Morgan fingerprint density at radius 3 is 2.64 bits per heavy atom. The van der Waals surface area contributed by atoms with Gasteiger partial charge in [-0.2, -0.15) is 0 Å². The van der Waals surface area contributed by atoms with Crippen LogP contribution in [0.1, 0.15) is 26.2 Å². The Morgan fingerprint density at radius 1 is 1.36 bits per heavy atom. The number of piperidine rings is 1. The number of ether oxygens (including phenoxy) is 1. The number of carbonyl (C=O) groups excluding carboxylic acids is 1. The van der Waals surface area contributed by atoms with Gasteiger partial charge < -0.3 is 15.0 Å². The molecule has 0 saturated carbocycles. The highest BCUT2D eigenvalue weighted by molar-refractivity contribution is 5.86. The van der Waals surface area contributed by atoms with Crippen molar-refractivity contribution >= 4 is 18.3 Å². The van der Waals surface area contributed by atoms with Crippen molar-refractivity contribution in [1.29, 1.82) is 0 Å². The number of carbonyl (C=O) groups is 1. The van der Waals surface area contributed by atoms with Gasteiger partial charge in [0.1, 0.15) is 18.2 Å². The van der Waals surface area contributed by atoms with E-state index in [0.717, 1.165) is 25.8 Å². The first-order valence-corrected chi connectivity index (χ1v) is 7.40. The van der Waals surface area contributed by atoms with Gasteiger partial charge in [0.25, 0.3) is 0 Å². The van der Waals surface area contributed by atoms with Gasteiger partial charge in [0.15, 0.2) is 0 Å². The van der Waals surface area contributed by atoms with Gasteiger partial charge in [0, 0.05) is 7.05 Å². The molecule has 6 heteroatoms. The summed E-state index contributed by atoms with van der Waals surface area (Å²) in [6, 6.07) is 5.89. The molecule has 1 aliphatic heterocycles. The SMILES string of the molecule is CN(CCOc1ccc(F)cc1)C(=O)C1(C)CCCCN1.Cl. The number of amides is 1. The van der Waals surface area contributed by atoms with Gasteiger partial charge in [0.05, 0.1) is 12.1 Å². The van der Waals surface area contributed by atoms with Gasteiger partial charge in [-0.1, -0.05) is 0 Å². The Labute approximate surface area is 137 Å². The van der Waals surface area contributed by atoms with E-state index in [2.05, 4.69) is 5.32 Å². The zero-order chi connectivity index (χ0) is 15.3. The molecule has 1 unspecified atom stereocenters. The lowest BCUT2D eigenvalue weighted by atomic mass is 9.89. The Hall–Kier alpha value is -1.33. The summed E-state index contributed by atoms with van der Waals surface area (Å²) in [7, 11) is 1.79. The molecule has 1 amide bonds. The molecule has 0 spiro atoms. The van der Waals surface area contributed by atoms with Gasteiger partial charge in [-0.05, 0) is 57.0 Å². The van der Waals surface area contributed by atoms with Crippen LogP contribution in [-0.4, -0.2) is 43.1 Å². The smallest absolute Gasteiger partial charge is 0.242 e. The second-order valence-electron chi connectivity index (χ2n) is 5.75. The molecule has 1 saturated heterocycles. The fourth-order valence-corrected chi connectivity index (χ4v) is 2.59. The second-order valence-corrected chi connectivity index (χ2v) is 5.75. The van der Waals surface area contributed by atoms with Crippen LogP contribution in [-0.2, 0) is 4.79 Å². The standard InChI is InChI=1S/C16H23FN2O2.ClH/c1-16(9-3-4-10-18-16)15(20)19(2)11-12-21-14-7-5-13(17)6-8-14;/h5-8,18H,3-4,9-12H2,1-2H3;1H. The Morgan fingerprint density at radius 2 is 2.05 bits per heavy atom. The summed E-state index contributed by atoms with van der Waals surface area (Å²) in [5.74, 6) is 0.426. The fraction of sp³-hybridized carbons (Fsp3) is 0.562. The molecule has 4 nitrogen and oxygen atoms in total. The molecule has 1 aromatic carbocycles. The number of hydrogen-bond donors (Lipinski definition) is 1. The van der Waals surface area contributed by atoms with Crippen molar-refractivity contribution in [2.24, 2.45) is 0 Å². The zero-order valence-electron chi connectivity index (χ0n) is 13.1. The molecule has 0 radical (unpaired) electrons. The van der Waals surface area contributed by atoms with Crippen LogP contribution in [0.25, 0.3) is 0 Å². The minimum atomic E-state index is -0.455. The summed E-state index contributed by atoms with van der Waals surface area (Å²) < 4.78 is 18.3. The normalized spacial score (nSPS) is 20.9. The maximum absolute atomic E-state index is 12.8. The quantitative estimate of drug-likeness (QED) is 0.902. The van der Waals surface area contributed by atoms with E-state index in [-0.39, 0.29) is 24.1 Å². The molecule has 0 aliphatic carbocycles. The van der Waals surface area contributed by atoms with E-state index in [1.807, 2.05) is 6.92 Å². The molecule has 1 aromatic rings.